The van der Waals surface area contributed by atoms with Crippen LogP contribution in [-0.4, -0.2) is 61.1 Å². The largest absolute Gasteiger partial charge is 0.478 e. The van der Waals surface area contributed by atoms with Crippen molar-refractivity contribution in [1.29, 1.82) is 0 Å². The lowest BCUT2D eigenvalue weighted by Gasteiger charge is -2.37. The zero-order valence-electron chi connectivity index (χ0n) is 24.0. The molecule has 42 heavy (non-hydrogen) atoms. The molecule has 1 aliphatic rings. The predicted molar refractivity (Wildman–Crippen MR) is 166 cm³/mol. The number of carbonyl (C=O) groups excluding carboxylic acids is 2. The lowest BCUT2D eigenvalue weighted by molar-refractivity contribution is -0.140. The molecule has 3 aromatic carbocycles. The average Bonchev–Trinajstić information content (AvgIpc) is 3.00. The van der Waals surface area contributed by atoms with Gasteiger partial charge in [-0.05, 0) is 59.9 Å². The van der Waals surface area contributed by atoms with Crippen LogP contribution in [0.3, 0.4) is 0 Å². The van der Waals surface area contributed by atoms with Gasteiger partial charge >= 0.3 is 11.9 Å². The minimum Gasteiger partial charge on any atom is -0.478 e. The molecule has 4 rings (SSSR count). The van der Waals surface area contributed by atoms with Crippen LogP contribution in [0.2, 0.25) is 5.02 Å². The van der Waals surface area contributed by atoms with Gasteiger partial charge in [0.2, 0.25) is 5.91 Å². The Balaban J connectivity index is 1.35. The van der Waals surface area contributed by atoms with Gasteiger partial charge in [0.15, 0.2) is 0 Å². The second kappa shape index (κ2) is 15.4. The number of anilines is 2. The first-order valence-electron chi connectivity index (χ1n) is 14.4. The third kappa shape index (κ3) is 8.81. The van der Waals surface area contributed by atoms with Crippen molar-refractivity contribution in [2.45, 2.75) is 45.1 Å². The third-order valence-corrected chi connectivity index (χ3v) is 7.81. The number of benzene rings is 3. The summed E-state index contributed by atoms with van der Waals surface area (Å²) in [6.07, 6.45) is 3.81. The lowest BCUT2D eigenvalue weighted by Crippen LogP contribution is -2.46. The molecule has 0 atom stereocenters. The Bertz CT molecular complexity index is 1370. The van der Waals surface area contributed by atoms with E-state index in [1.165, 1.54) is 18.2 Å². The molecule has 222 valence electrons. The standard InChI is InChI=1S/C33H38ClN3O5/c1-42-32(39)11-5-3-2-4-10-31(38)35-29-22-25(33(40)41)14-17-30(29)37-20-18-36(19-21-37)23-26-8-6-7-9-28(26)24-12-15-27(34)16-13-24/h6-9,12-17,22H,2-5,10-11,18-21,23H2,1H3,(H,35,38)(H,40,41). The van der Waals surface area contributed by atoms with E-state index < -0.39 is 5.97 Å². The van der Waals surface area contributed by atoms with Crippen LogP contribution < -0.4 is 10.2 Å². The molecule has 1 saturated heterocycles. The van der Waals surface area contributed by atoms with Gasteiger partial charge in [0.25, 0.3) is 0 Å². The van der Waals surface area contributed by atoms with E-state index in [0.29, 0.717) is 30.0 Å². The lowest BCUT2D eigenvalue weighted by atomic mass is 9.99. The van der Waals surface area contributed by atoms with Crippen LogP contribution in [0.15, 0.2) is 66.7 Å². The molecule has 8 nitrogen and oxygen atoms in total. The van der Waals surface area contributed by atoms with Gasteiger partial charge in [-0.1, -0.05) is 60.8 Å². The molecule has 3 aromatic rings. The maximum Gasteiger partial charge on any atom is 0.335 e. The zero-order chi connectivity index (χ0) is 29.9. The normalized spacial score (nSPS) is 13.5. The summed E-state index contributed by atoms with van der Waals surface area (Å²) in [6, 6.07) is 21.2. The van der Waals surface area contributed by atoms with Crippen molar-refractivity contribution in [1.82, 2.24) is 4.90 Å². The smallest absolute Gasteiger partial charge is 0.335 e. The van der Waals surface area contributed by atoms with Crippen LogP contribution in [0.5, 0.6) is 0 Å². The molecule has 0 spiro atoms. The molecule has 0 radical (unpaired) electrons. The summed E-state index contributed by atoms with van der Waals surface area (Å²) in [4.78, 5) is 40.3. The number of rotatable bonds is 13. The Morgan fingerprint density at radius 1 is 0.881 bits per heavy atom. The van der Waals surface area contributed by atoms with Crippen LogP contribution in [0.4, 0.5) is 11.4 Å². The van der Waals surface area contributed by atoms with Gasteiger partial charge in [-0.2, -0.15) is 0 Å². The van der Waals surface area contributed by atoms with E-state index in [4.69, 9.17) is 11.6 Å². The van der Waals surface area contributed by atoms with E-state index in [2.05, 4.69) is 38.1 Å². The van der Waals surface area contributed by atoms with Gasteiger partial charge in [-0.3, -0.25) is 14.5 Å². The fraction of sp³-hybridized carbons (Fsp3) is 0.364. The highest BCUT2D eigenvalue weighted by Gasteiger charge is 2.22. The minimum absolute atomic E-state index is 0.134. The first-order valence-corrected chi connectivity index (χ1v) is 14.8. The number of nitrogens with one attached hydrogen (secondary N) is 1. The van der Waals surface area contributed by atoms with Crippen molar-refractivity contribution in [2.75, 3.05) is 43.5 Å². The van der Waals surface area contributed by atoms with Crippen molar-refractivity contribution >= 4 is 40.8 Å². The number of amides is 1. The summed E-state index contributed by atoms with van der Waals surface area (Å²) in [5.41, 5.74) is 5.05. The summed E-state index contributed by atoms with van der Waals surface area (Å²) >= 11 is 6.10. The Morgan fingerprint density at radius 2 is 1.57 bits per heavy atom. The summed E-state index contributed by atoms with van der Waals surface area (Å²) in [5.74, 6) is -1.40. The number of aromatic carboxylic acids is 1. The summed E-state index contributed by atoms with van der Waals surface area (Å²) in [5, 5.41) is 13.2. The van der Waals surface area contributed by atoms with E-state index >= 15 is 0 Å². The molecule has 0 aromatic heterocycles. The van der Waals surface area contributed by atoms with Crippen molar-refractivity contribution in [3.8, 4) is 11.1 Å². The first kappa shape index (κ1) is 31.1. The van der Waals surface area contributed by atoms with Gasteiger partial charge in [-0.15, -0.1) is 0 Å². The highest BCUT2D eigenvalue weighted by molar-refractivity contribution is 6.30. The first-order chi connectivity index (χ1) is 20.3. The molecule has 1 heterocycles. The SMILES string of the molecule is COC(=O)CCCCCCC(=O)Nc1cc(C(=O)O)ccc1N1CCN(Cc2ccccc2-c2ccc(Cl)cc2)CC1. The number of ether oxygens (including phenoxy) is 1. The molecule has 2 N–H and O–H groups in total. The molecule has 9 heteroatoms. The number of methoxy groups -OCH3 is 1. The number of unbranched alkanes of at least 4 members (excludes halogenated alkanes) is 3. The summed E-state index contributed by atoms with van der Waals surface area (Å²) < 4.78 is 4.65. The maximum absolute atomic E-state index is 12.8. The quantitative estimate of drug-likeness (QED) is 0.173. The summed E-state index contributed by atoms with van der Waals surface area (Å²) in [6.45, 7) is 3.97. The highest BCUT2D eigenvalue weighted by atomic mass is 35.5. The molecule has 0 saturated carbocycles. The second-order valence-corrected chi connectivity index (χ2v) is 10.9. The number of piperazine rings is 1. The summed E-state index contributed by atoms with van der Waals surface area (Å²) in [7, 11) is 1.38. The van der Waals surface area contributed by atoms with E-state index in [1.807, 2.05) is 30.3 Å². The van der Waals surface area contributed by atoms with Crippen LogP contribution in [0.1, 0.15) is 54.4 Å². The molecule has 1 aliphatic heterocycles. The maximum atomic E-state index is 12.8. The number of hydrogen-bond acceptors (Lipinski definition) is 6. The number of hydrogen-bond donors (Lipinski definition) is 2. The fourth-order valence-electron chi connectivity index (χ4n) is 5.23. The molecule has 0 aliphatic carbocycles. The van der Waals surface area contributed by atoms with Crippen molar-refractivity contribution in [3.63, 3.8) is 0 Å². The fourth-order valence-corrected chi connectivity index (χ4v) is 5.35. The second-order valence-electron chi connectivity index (χ2n) is 10.5. The monoisotopic (exact) mass is 591 g/mol. The van der Waals surface area contributed by atoms with Crippen molar-refractivity contribution in [3.05, 3.63) is 82.9 Å². The Morgan fingerprint density at radius 3 is 2.26 bits per heavy atom. The molecule has 0 bridgehead atoms. The molecule has 0 unspecified atom stereocenters. The topological polar surface area (TPSA) is 99.2 Å². The van der Waals surface area contributed by atoms with E-state index in [9.17, 15) is 19.5 Å². The zero-order valence-corrected chi connectivity index (χ0v) is 24.7. The van der Waals surface area contributed by atoms with Crippen LogP contribution in [0, 0.1) is 0 Å². The Hall–Kier alpha value is -3.88. The third-order valence-electron chi connectivity index (χ3n) is 7.56. The molecular weight excluding hydrogens is 554 g/mol. The van der Waals surface area contributed by atoms with E-state index in [1.54, 1.807) is 18.2 Å². The van der Waals surface area contributed by atoms with E-state index in [0.717, 1.165) is 63.2 Å². The number of carbonyl (C=O) groups is 3. The molecular formula is C33H38ClN3O5. The molecule has 1 amide bonds. The number of halogens is 1. The van der Waals surface area contributed by atoms with Crippen molar-refractivity contribution < 1.29 is 24.2 Å². The van der Waals surface area contributed by atoms with Gasteiger partial charge in [0.05, 0.1) is 24.0 Å². The van der Waals surface area contributed by atoms with Gasteiger partial charge in [0, 0.05) is 50.6 Å². The highest BCUT2D eigenvalue weighted by Crippen LogP contribution is 2.30. The van der Waals surface area contributed by atoms with Gasteiger partial charge < -0.3 is 20.1 Å². The van der Waals surface area contributed by atoms with Crippen LogP contribution in [0.25, 0.3) is 11.1 Å². The van der Waals surface area contributed by atoms with E-state index in [-0.39, 0.29) is 17.4 Å². The van der Waals surface area contributed by atoms with Crippen LogP contribution in [-0.2, 0) is 20.9 Å². The minimum atomic E-state index is -1.04. The number of nitrogens with zero attached hydrogens (tertiary/aromatic N) is 2. The molecule has 1 fully saturated rings. The van der Waals surface area contributed by atoms with Crippen LogP contribution >= 0.6 is 11.6 Å². The average molecular weight is 592 g/mol. The number of carboxylic acid groups (broad SMARTS) is 1. The van der Waals surface area contributed by atoms with Gasteiger partial charge in [0.1, 0.15) is 0 Å². The van der Waals surface area contributed by atoms with Gasteiger partial charge in [-0.25, -0.2) is 4.79 Å². The Labute approximate surface area is 252 Å². The number of esters is 1. The van der Waals surface area contributed by atoms with Crippen molar-refractivity contribution in [2.24, 2.45) is 0 Å². The number of carboxylic acids is 1. The predicted octanol–water partition coefficient (Wildman–Crippen LogP) is 6.48. The Kier molecular flexibility index (Phi) is 11.4.